The second kappa shape index (κ2) is 3.43. The first kappa shape index (κ1) is 9.25. The van der Waals surface area contributed by atoms with E-state index < -0.39 is 10.8 Å². The van der Waals surface area contributed by atoms with Gasteiger partial charge in [-0.15, -0.1) is 11.6 Å². The normalized spacial score (nSPS) is 15.0. The largest absolute Gasteiger partial charge is 0.469 e. The molecule has 4 heteroatoms. The van der Waals surface area contributed by atoms with Crippen LogP contribution in [0.4, 0.5) is 0 Å². The van der Waals surface area contributed by atoms with Gasteiger partial charge in [0.15, 0.2) is 0 Å². The maximum absolute atomic E-state index is 10.5. The minimum absolute atomic E-state index is 0.0818. The molecule has 1 unspecified atom stereocenters. The van der Waals surface area contributed by atoms with E-state index >= 15 is 0 Å². The highest BCUT2D eigenvalue weighted by molar-refractivity contribution is 6.26. The fourth-order valence-corrected chi connectivity index (χ4v) is 0.492. The molecule has 3 nitrogen and oxygen atoms in total. The fraction of sp³-hybridized carbons (Fsp3) is 0.667. The van der Waals surface area contributed by atoms with Gasteiger partial charge in [0, 0.05) is 0 Å². The lowest BCUT2D eigenvalue weighted by molar-refractivity contribution is -0.140. The van der Waals surface area contributed by atoms with E-state index in [-0.39, 0.29) is 6.42 Å². The average molecular weight is 162 g/mol. The molecule has 0 aromatic carbocycles. The third-order valence-electron chi connectivity index (χ3n) is 0.937. The van der Waals surface area contributed by atoms with Gasteiger partial charge in [0.25, 0.3) is 0 Å². The molecule has 0 aromatic heterocycles. The first-order valence-electron chi connectivity index (χ1n) is 2.69. The van der Waals surface area contributed by atoms with E-state index in [0.29, 0.717) is 0 Å². The molecule has 0 aliphatic rings. The third kappa shape index (κ3) is 3.31. The summed E-state index contributed by atoms with van der Waals surface area (Å²) in [5.41, 5.74) is 0. The summed E-state index contributed by atoms with van der Waals surface area (Å²) in [6.45, 7) is 1.46. The molecule has 0 aromatic rings. The van der Waals surface area contributed by atoms with Gasteiger partial charge in [-0.05, 0) is 6.92 Å². The van der Waals surface area contributed by atoms with E-state index in [1.807, 2.05) is 0 Å². The van der Waals surface area contributed by atoms with E-state index in [0.717, 1.165) is 0 Å². The number of esters is 1. The fourth-order valence-electron chi connectivity index (χ4n) is 0.383. The van der Waals surface area contributed by atoms with Crippen LogP contribution >= 0.6 is 11.6 Å². The van der Waals surface area contributed by atoms with Crippen LogP contribution in [0.1, 0.15) is 13.3 Å². The molecule has 0 bridgehead atoms. The Morgan fingerprint density at radius 3 is 2.70 bits per heavy atom. The predicted molar refractivity (Wildman–Crippen MR) is 36.5 cm³/mol. The van der Waals surface area contributed by atoms with Crippen molar-refractivity contribution >= 4 is 17.6 Å². The molecule has 0 heterocycles. The monoisotopic (exact) mass is 161 g/mol. The maximum atomic E-state index is 10.5. The van der Waals surface area contributed by atoms with Crippen LogP contribution in [0, 0.1) is 11.3 Å². The van der Waals surface area contributed by atoms with Gasteiger partial charge in [-0.25, -0.2) is 0 Å². The van der Waals surface area contributed by atoms with Gasteiger partial charge in [-0.2, -0.15) is 5.26 Å². The van der Waals surface area contributed by atoms with E-state index in [1.165, 1.54) is 14.0 Å². The number of alkyl halides is 1. The van der Waals surface area contributed by atoms with Crippen LogP contribution in [-0.2, 0) is 9.53 Å². The van der Waals surface area contributed by atoms with Crippen LogP contribution in [0.5, 0.6) is 0 Å². The Balaban J connectivity index is 3.92. The number of carbonyl (C=O) groups excluding carboxylic acids is 1. The van der Waals surface area contributed by atoms with Gasteiger partial charge >= 0.3 is 5.97 Å². The lowest BCUT2D eigenvalue weighted by Gasteiger charge is -2.08. The number of methoxy groups -OCH3 is 1. The zero-order valence-corrected chi connectivity index (χ0v) is 6.60. The van der Waals surface area contributed by atoms with Crippen molar-refractivity contribution in [3.8, 4) is 6.07 Å². The van der Waals surface area contributed by atoms with Crippen molar-refractivity contribution in [2.75, 3.05) is 7.11 Å². The van der Waals surface area contributed by atoms with Crippen LogP contribution in [0.3, 0.4) is 0 Å². The molecule has 0 fully saturated rings. The minimum atomic E-state index is -1.13. The summed E-state index contributed by atoms with van der Waals surface area (Å²) in [5.74, 6) is -0.473. The molecule has 0 saturated heterocycles. The second-order valence-electron chi connectivity index (χ2n) is 2.06. The van der Waals surface area contributed by atoms with Gasteiger partial charge in [0.1, 0.15) is 4.87 Å². The number of ether oxygens (including phenoxy) is 1. The number of rotatable bonds is 2. The van der Waals surface area contributed by atoms with Crippen LogP contribution < -0.4 is 0 Å². The van der Waals surface area contributed by atoms with Crippen molar-refractivity contribution in [1.82, 2.24) is 0 Å². The summed E-state index contributed by atoms with van der Waals surface area (Å²) in [6.07, 6.45) is -0.0818. The average Bonchev–Trinajstić information content (AvgIpc) is 1.87. The SMILES string of the molecule is COC(=O)CC(C)(Cl)C#N. The lowest BCUT2D eigenvalue weighted by Crippen LogP contribution is -2.19. The summed E-state index contributed by atoms with van der Waals surface area (Å²) in [4.78, 5) is 9.40. The van der Waals surface area contributed by atoms with Crippen molar-refractivity contribution in [1.29, 1.82) is 5.26 Å². The Kier molecular flexibility index (Phi) is 3.17. The first-order chi connectivity index (χ1) is 4.52. The highest BCUT2D eigenvalue weighted by atomic mass is 35.5. The van der Waals surface area contributed by atoms with Gasteiger partial charge in [0.2, 0.25) is 0 Å². The van der Waals surface area contributed by atoms with Crippen molar-refractivity contribution in [2.45, 2.75) is 18.2 Å². The number of hydrogen-bond acceptors (Lipinski definition) is 3. The molecule has 56 valence electrons. The van der Waals surface area contributed by atoms with E-state index in [2.05, 4.69) is 4.74 Å². The van der Waals surface area contributed by atoms with Crippen molar-refractivity contribution in [3.63, 3.8) is 0 Å². The Bertz CT molecular complexity index is 171. The molecule has 0 saturated carbocycles. The maximum Gasteiger partial charge on any atom is 0.308 e. The van der Waals surface area contributed by atoms with Gasteiger partial charge in [-0.1, -0.05) is 0 Å². The highest BCUT2D eigenvalue weighted by Gasteiger charge is 2.24. The Morgan fingerprint density at radius 2 is 2.40 bits per heavy atom. The predicted octanol–water partition coefficient (Wildman–Crippen LogP) is 1.07. The summed E-state index contributed by atoms with van der Waals surface area (Å²) < 4.78 is 4.31. The van der Waals surface area contributed by atoms with Crippen LogP contribution in [0.25, 0.3) is 0 Å². The summed E-state index contributed by atoms with van der Waals surface area (Å²) in [6, 6.07) is 1.77. The van der Waals surface area contributed by atoms with Gasteiger partial charge < -0.3 is 4.74 Å². The zero-order valence-electron chi connectivity index (χ0n) is 5.85. The Hall–Kier alpha value is -0.750. The molecule has 0 radical (unpaired) electrons. The van der Waals surface area contributed by atoms with Crippen LogP contribution in [0.15, 0.2) is 0 Å². The standard InChI is InChI=1S/C6H8ClNO2/c1-6(7,4-8)3-5(9)10-2/h3H2,1-2H3. The summed E-state index contributed by atoms with van der Waals surface area (Å²) >= 11 is 5.53. The molecule has 0 N–H and O–H groups in total. The van der Waals surface area contributed by atoms with Crippen molar-refractivity contribution in [3.05, 3.63) is 0 Å². The zero-order chi connectivity index (χ0) is 8.20. The quantitative estimate of drug-likeness (QED) is 0.450. The highest BCUT2D eigenvalue weighted by Crippen LogP contribution is 2.17. The number of carbonyl (C=O) groups is 1. The molecule has 10 heavy (non-hydrogen) atoms. The first-order valence-corrected chi connectivity index (χ1v) is 3.06. The van der Waals surface area contributed by atoms with Gasteiger partial charge in [0.05, 0.1) is 19.6 Å². The van der Waals surface area contributed by atoms with Crippen LogP contribution in [-0.4, -0.2) is 18.0 Å². The topological polar surface area (TPSA) is 50.1 Å². The Morgan fingerprint density at radius 1 is 1.90 bits per heavy atom. The molecule has 0 spiro atoms. The van der Waals surface area contributed by atoms with E-state index in [1.54, 1.807) is 6.07 Å². The molecule has 0 rings (SSSR count). The molecular weight excluding hydrogens is 154 g/mol. The van der Waals surface area contributed by atoms with Gasteiger partial charge in [-0.3, -0.25) is 4.79 Å². The number of halogens is 1. The van der Waals surface area contributed by atoms with E-state index in [4.69, 9.17) is 16.9 Å². The molecular formula is C6H8ClNO2. The molecule has 0 amide bonds. The summed E-state index contributed by atoms with van der Waals surface area (Å²) in [7, 11) is 1.26. The van der Waals surface area contributed by atoms with Crippen molar-refractivity contribution < 1.29 is 9.53 Å². The summed E-state index contributed by atoms with van der Waals surface area (Å²) in [5, 5.41) is 8.35. The Labute approximate surface area is 64.5 Å². The minimum Gasteiger partial charge on any atom is -0.469 e. The molecule has 1 atom stereocenters. The molecule has 0 aliphatic carbocycles. The van der Waals surface area contributed by atoms with Crippen LogP contribution in [0.2, 0.25) is 0 Å². The smallest absolute Gasteiger partial charge is 0.308 e. The number of nitriles is 1. The number of hydrogen-bond donors (Lipinski definition) is 0. The van der Waals surface area contributed by atoms with E-state index in [9.17, 15) is 4.79 Å². The third-order valence-corrected chi connectivity index (χ3v) is 1.16. The number of nitrogens with zero attached hydrogens (tertiary/aromatic N) is 1. The lowest BCUT2D eigenvalue weighted by atomic mass is 10.1. The molecule has 0 aliphatic heterocycles. The van der Waals surface area contributed by atoms with Crippen molar-refractivity contribution in [2.24, 2.45) is 0 Å². The second-order valence-corrected chi connectivity index (χ2v) is 2.90.